The highest BCUT2D eigenvalue weighted by Crippen LogP contribution is 2.11. The van der Waals surface area contributed by atoms with Gasteiger partial charge in [0.1, 0.15) is 6.04 Å². The fourth-order valence-corrected chi connectivity index (χ4v) is 2.05. The molecule has 5 nitrogen and oxygen atoms in total. The third-order valence-corrected chi connectivity index (χ3v) is 3.06. The molecule has 1 atom stereocenters. The van der Waals surface area contributed by atoms with Crippen molar-refractivity contribution in [1.82, 2.24) is 10.2 Å². The highest BCUT2D eigenvalue weighted by Gasteiger charge is 2.33. The van der Waals surface area contributed by atoms with Gasteiger partial charge in [0.2, 0.25) is 11.8 Å². The van der Waals surface area contributed by atoms with Crippen molar-refractivity contribution >= 4 is 11.8 Å². The van der Waals surface area contributed by atoms with Crippen LogP contribution in [0.1, 0.15) is 34.1 Å². The maximum atomic E-state index is 12.2. The summed E-state index contributed by atoms with van der Waals surface area (Å²) in [5.74, 6) is 0.601. The molecule has 1 saturated heterocycles. The molecule has 1 rings (SSSR count). The van der Waals surface area contributed by atoms with Crippen molar-refractivity contribution in [3.8, 4) is 0 Å². The Balaban J connectivity index is 2.35. The zero-order valence-electron chi connectivity index (χ0n) is 12.4. The highest BCUT2D eigenvalue weighted by atomic mass is 16.5. The van der Waals surface area contributed by atoms with Crippen molar-refractivity contribution in [2.45, 2.75) is 40.2 Å². The monoisotopic (exact) mass is 270 g/mol. The summed E-state index contributed by atoms with van der Waals surface area (Å²) >= 11 is 0. The number of carbonyl (C=O) groups excluding carboxylic acids is 2. The van der Waals surface area contributed by atoms with Crippen LogP contribution in [-0.2, 0) is 14.3 Å². The van der Waals surface area contributed by atoms with E-state index in [4.69, 9.17) is 4.74 Å². The average molecular weight is 270 g/mol. The largest absolute Gasteiger partial charge is 0.381 e. The van der Waals surface area contributed by atoms with Crippen molar-refractivity contribution in [3.05, 3.63) is 0 Å². The van der Waals surface area contributed by atoms with Gasteiger partial charge in [-0.25, -0.2) is 0 Å². The zero-order valence-corrected chi connectivity index (χ0v) is 12.4. The van der Waals surface area contributed by atoms with E-state index < -0.39 is 0 Å². The van der Waals surface area contributed by atoms with Crippen LogP contribution in [0, 0.1) is 11.8 Å². The predicted octanol–water partition coefficient (Wildman–Crippen LogP) is 1.03. The summed E-state index contributed by atoms with van der Waals surface area (Å²) in [4.78, 5) is 25.4. The molecule has 1 aliphatic rings. The van der Waals surface area contributed by atoms with E-state index in [-0.39, 0.29) is 30.3 Å². The molecule has 0 aromatic heterocycles. The Morgan fingerprint density at radius 2 is 2.00 bits per heavy atom. The number of nitrogens with one attached hydrogen (secondary N) is 1. The molecule has 19 heavy (non-hydrogen) atoms. The van der Waals surface area contributed by atoms with Gasteiger partial charge in [-0.15, -0.1) is 0 Å². The quantitative estimate of drug-likeness (QED) is 0.703. The van der Waals surface area contributed by atoms with E-state index in [9.17, 15) is 9.59 Å². The van der Waals surface area contributed by atoms with Gasteiger partial charge in [-0.2, -0.15) is 0 Å². The Morgan fingerprint density at radius 3 is 2.58 bits per heavy atom. The summed E-state index contributed by atoms with van der Waals surface area (Å²) in [6.45, 7) is 10.2. The molecule has 0 aromatic carbocycles. The van der Waals surface area contributed by atoms with Gasteiger partial charge in [-0.3, -0.25) is 9.59 Å². The summed E-state index contributed by atoms with van der Waals surface area (Å²) in [6, 6.07) is -0.377. The van der Waals surface area contributed by atoms with Crippen molar-refractivity contribution in [2.75, 3.05) is 26.3 Å². The van der Waals surface area contributed by atoms with Crippen LogP contribution in [0.3, 0.4) is 0 Å². The van der Waals surface area contributed by atoms with Gasteiger partial charge in [0.05, 0.1) is 6.54 Å². The molecule has 110 valence electrons. The second-order valence-corrected chi connectivity index (χ2v) is 5.87. The van der Waals surface area contributed by atoms with Crippen molar-refractivity contribution in [1.29, 1.82) is 0 Å². The smallest absolute Gasteiger partial charge is 0.245 e. The molecule has 0 saturated carbocycles. The fraction of sp³-hybridized carbons (Fsp3) is 0.857. The molecule has 1 N–H and O–H groups in total. The normalized spacial score (nSPS) is 20.3. The van der Waals surface area contributed by atoms with Crippen LogP contribution in [0.2, 0.25) is 0 Å². The predicted molar refractivity (Wildman–Crippen MR) is 73.6 cm³/mol. The molecular formula is C14H26N2O3. The molecular weight excluding hydrogens is 244 g/mol. The molecule has 5 heteroatoms. The molecule has 2 amide bonds. The first-order chi connectivity index (χ1) is 8.91. The Kier molecular flexibility index (Phi) is 6.28. The molecule has 1 fully saturated rings. The van der Waals surface area contributed by atoms with Crippen LogP contribution in [0.15, 0.2) is 0 Å². The average Bonchev–Trinajstić information content (AvgIpc) is 2.31. The molecule has 1 unspecified atom stereocenters. The van der Waals surface area contributed by atoms with Crippen LogP contribution < -0.4 is 5.32 Å². The summed E-state index contributed by atoms with van der Waals surface area (Å²) in [5, 5.41) is 2.75. The second-order valence-electron chi connectivity index (χ2n) is 5.87. The summed E-state index contributed by atoms with van der Waals surface area (Å²) < 4.78 is 5.48. The first-order valence-electron chi connectivity index (χ1n) is 7.07. The number of nitrogens with zero attached hydrogens (tertiary/aromatic N) is 1. The summed E-state index contributed by atoms with van der Waals surface area (Å²) in [5.41, 5.74) is 0. The van der Waals surface area contributed by atoms with E-state index in [2.05, 4.69) is 19.2 Å². The minimum atomic E-state index is -0.377. The van der Waals surface area contributed by atoms with E-state index in [0.29, 0.717) is 19.1 Å². The maximum absolute atomic E-state index is 12.2. The summed E-state index contributed by atoms with van der Waals surface area (Å²) in [7, 11) is 0. The van der Waals surface area contributed by atoms with E-state index in [1.54, 1.807) is 4.90 Å². The number of hydrogen-bond acceptors (Lipinski definition) is 3. The Bertz CT molecular complexity index is 316. The SMILES string of the molecule is CC(C)COCCCN1CC(=O)NC(C(C)C)C1=O. The first kappa shape index (κ1) is 16.0. The van der Waals surface area contributed by atoms with Crippen LogP contribution in [-0.4, -0.2) is 49.1 Å². The molecule has 0 radical (unpaired) electrons. The van der Waals surface area contributed by atoms with Crippen LogP contribution in [0.5, 0.6) is 0 Å². The molecule has 0 aliphatic carbocycles. The van der Waals surface area contributed by atoms with E-state index in [1.165, 1.54) is 0 Å². The number of hydrogen-bond donors (Lipinski definition) is 1. The number of rotatable bonds is 7. The Morgan fingerprint density at radius 1 is 1.32 bits per heavy atom. The lowest BCUT2D eigenvalue weighted by Gasteiger charge is -2.34. The van der Waals surface area contributed by atoms with E-state index in [0.717, 1.165) is 13.0 Å². The zero-order chi connectivity index (χ0) is 14.4. The lowest BCUT2D eigenvalue weighted by atomic mass is 10.0. The number of piperazine rings is 1. The molecule has 0 bridgehead atoms. The van der Waals surface area contributed by atoms with Gasteiger partial charge >= 0.3 is 0 Å². The minimum absolute atomic E-state index is 0.0264. The van der Waals surface area contributed by atoms with Crippen LogP contribution in [0.25, 0.3) is 0 Å². The standard InChI is InChI=1S/C14H26N2O3/c1-10(2)9-19-7-5-6-16-8-12(17)15-13(11(3)4)14(16)18/h10-11,13H,5-9H2,1-4H3,(H,15,17). The number of carbonyl (C=O) groups is 2. The van der Waals surface area contributed by atoms with Crippen LogP contribution >= 0.6 is 0 Å². The lowest BCUT2D eigenvalue weighted by Crippen LogP contribution is -2.59. The van der Waals surface area contributed by atoms with Gasteiger partial charge in [-0.05, 0) is 18.3 Å². The minimum Gasteiger partial charge on any atom is -0.381 e. The molecule has 0 spiro atoms. The Labute approximate surface area is 115 Å². The second kappa shape index (κ2) is 7.48. The number of amides is 2. The third-order valence-electron chi connectivity index (χ3n) is 3.06. The van der Waals surface area contributed by atoms with E-state index >= 15 is 0 Å². The molecule has 0 aromatic rings. The van der Waals surface area contributed by atoms with Gasteiger partial charge in [0.25, 0.3) is 0 Å². The van der Waals surface area contributed by atoms with Gasteiger partial charge < -0.3 is 15.0 Å². The van der Waals surface area contributed by atoms with E-state index in [1.807, 2.05) is 13.8 Å². The van der Waals surface area contributed by atoms with Crippen molar-refractivity contribution < 1.29 is 14.3 Å². The highest BCUT2D eigenvalue weighted by molar-refractivity contribution is 5.94. The maximum Gasteiger partial charge on any atom is 0.245 e. The van der Waals surface area contributed by atoms with Gasteiger partial charge in [-0.1, -0.05) is 27.7 Å². The third kappa shape index (κ3) is 5.19. The van der Waals surface area contributed by atoms with Crippen molar-refractivity contribution in [2.24, 2.45) is 11.8 Å². The summed E-state index contributed by atoms with van der Waals surface area (Å²) in [6.07, 6.45) is 0.774. The fourth-order valence-electron chi connectivity index (χ4n) is 2.05. The van der Waals surface area contributed by atoms with Crippen LogP contribution in [0.4, 0.5) is 0 Å². The van der Waals surface area contributed by atoms with Gasteiger partial charge in [0.15, 0.2) is 0 Å². The van der Waals surface area contributed by atoms with Gasteiger partial charge in [0, 0.05) is 19.8 Å². The topological polar surface area (TPSA) is 58.6 Å². The Hall–Kier alpha value is -1.10. The first-order valence-corrected chi connectivity index (χ1v) is 7.07. The number of ether oxygens (including phenoxy) is 1. The molecule has 1 heterocycles. The lowest BCUT2D eigenvalue weighted by molar-refractivity contribution is -0.145. The molecule has 1 aliphatic heterocycles. The van der Waals surface area contributed by atoms with Crippen molar-refractivity contribution in [3.63, 3.8) is 0 Å².